The number of rotatable bonds is 3. The molecule has 1 amide bonds. The van der Waals surface area contributed by atoms with E-state index in [2.05, 4.69) is 6.07 Å². The van der Waals surface area contributed by atoms with E-state index in [1.54, 1.807) is 53.4 Å². The number of ether oxygens (including phenoxy) is 1. The van der Waals surface area contributed by atoms with Crippen LogP contribution in [0.4, 0.5) is 0 Å². The lowest BCUT2D eigenvalue weighted by atomic mass is 10.1. The molecule has 122 valence electrons. The molecule has 1 heterocycles. The Morgan fingerprint density at radius 1 is 1.12 bits per heavy atom. The molecule has 1 aliphatic rings. The Bertz CT molecular complexity index is 757. The number of hydrogen-bond donors (Lipinski definition) is 1. The summed E-state index contributed by atoms with van der Waals surface area (Å²) in [5, 5.41) is 18.4. The molecular formula is C19H18N2O3. The Morgan fingerprint density at radius 2 is 1.83 bits per heavy atom. The summed E-state index contributed by atoms with van der Waals surface area (Å²) in [7, 11) is 0. The molecule has 0 unspecified atom stereocenters. The first-order valence-corrected chi connectivity index (χ1v) is 7.91. The first-order valence-electron chi connectivity index (χ1n) is 7.91. The molecule has 5 nitrogen and oxygen atoms in total. The van der Waals surface area contributed by atoms with E-state index < -0.39 is 0 Å². The molecular weight excluding hydrogens is 304 g/mol. The predicted molar refractivity (Wildman–Crippen MR) is 88.8 cm³/mol. The van der Waals surface area contributed by atoms with Gasteiger partial charge in [-0.3, -0.25) is 4.79 Å². The topological polar surface area (TPSA) is 73.6 Å². The number of nitriles is 1. The third kappa shape index (κ3) is 3.73. The lowest BCUT2D eigenvalue weighted by Gasteiger charge is -2.29. The Balaban J connectivity index is 1.71. The second-order valence-corrected chi connectivity index (χ2v) is 5.79. The monoisotopic (exact) mass is 322 g/mol. The number of carbonyl (C=O) groups is 1. The summed E-state index contributed by atoms with van der Waals surface area (Å²) in [5.41, 5.74) is 1.14. The molecule has 1 saturated heterocycles. The van der Waals surface area contributed by atoms with Gasteiger partial charge in [0, 0.05) is 18.7 Å². The van der Waals surface area contributed by atoms with Crippen molar-refractivity contribution in [3.63, 3.8) is 0 Å². The molecule has 1 N–H and O–H groups in total. The van der Waals surface area contributed by atoms with E-state index in [-0.39, 0.29) is 12.0 Å². The van der Waals surface area contributed by atoms with Gasteiger partial charge in [0.2, 0.25) is 0 Å². The van der Waals surface area contributed by atoms with Crippen LogP contribution < -0.4 is 4.74 Å². The minimum Gasteiger partial charge on any atom is -0.457 e. The fourth-order valence-corrected chi connectivity index (χ4v) is 2.68. The van der Waals surface area contributed by atoms with Crippen molar-refractivity contribution < 1.29 is 14.6 Å². The van der Waals surface area contributed by atoms with Gasteiger partial charge in [0.05, 0.1) is 17.7 Å². The fourth-order valence-electron chi connectivity index (χ4n) is 2.68. The van der Waals surface area contributed by atoms with E-state index in [0.29, 0.717) is 48.6 Å². The van der Waals surface area contributed by atoms with Gasteiger partial charge in [-0.05, 0) is 55.3 Å². The van der Waals surface area contributed by atoms with Crippen LogP contribution in [0.5, 0.6) is 11.5 Å². The van der Waals surface area contributed by atoms with E-state index in [1.165, 1.54) is 0 Å². The largest absolute Gasteiger partial charge is 0.457 e. The second kappa shape index (κ2) is 7.16. The summed E-state index contributed by atoms with van der Waals surface area (Å²) in [6.07, 6.45) is 0.931. The maximum absolute atomic E-state index is 12.5. The van der Waals surface area contributed by atoms with Crippen molar-refractivity contribution in [1.82, 2.24) is 4.90 Å². The van der Waals surface area contributed by atoms with Gasteiger partial charge in [0.25, 0.3) is 5.91 Å². The maximum atomic E-state index is 12.5. The Morgan fingerprint density at radius 3 is 2.50 bits per heavy atom. The molecule has 24 heavy (non-hydrogen) atoms. The van der Waals surface area contributed by atoms with E-state index in [1.807, 2.05) is 0 Å². The zero-order valence-corrected chi connectivity index (χ0v) is 13.2. The average molecular weight is 322 g/mol. The minimum atomic E-state index is -0.305. The third-order valence-electron chi connectivity index (χ3n) is 4.05. The molecule has 1 fully saturated rings. The summed E-state index contributed by atoms with van der Waals surface area (Å²) in [5.74, 6) is 1.13. The summed E-state index contributed by atoms with van der Waals surface area (Å²) < 4.78 is 5.75. The Hall–Kier alpha value is -2.84. The zero-order valence-electron chi connectivity index (χ0n) is 13.2. The van der Waals surface area contributed by atoms with Crippen molar-refractivity contribution >= 4 is 5.91 Å². The highest BCUT2D eigenvalue weighted by Crippen LogP contribution is 2.23. The smallest absolute Gasteiger partial charge is 0.253 e. The lowest BCUT2D eigenvalue weighted by Crippen LogP contribution is -2.40. The van der Waals surface area contributed by atoms with Crippen LogP contribution >= 0.6 is 0 Å². The predicted octanol–water partition coefficient (Wildman–Crippen LogP) is 2.95. The van der Waals surface area contributed by atoms with Crippen molar-refractivity contribution in [3.8, 4) is 17.6 Å². The SMILES string of the molecule is N#Cc1ccc(Oc2cccc(C(=O)N3CCC(O)CC3)c2)cc1. The van der Waals surface area contributed by atoms with Gasteiger partial charge >= 0.3 is 0 Å². The molecule has 5 heteroatoms. The fraction of sp³-hybridized carbons (Fsp3) is 0.263. The molecule has 0 spiro atoms. The van der Waals surface area contributed by atoms with E-state index in [9.17, 15) is 9.90 Å². The van der Waals surface area contributed by atoms with E-state index >= 15 is 0 Å². The molecule has 0 radical (unpaired) electrons. The highest BCUT2D eigenvalue weighted by molar-refractivity contribution is 5.94. The molecule has 0 aliphatic carbocycles. The van der Waals surface area contributed by atoms with E-state index in [0.717, 1.165) is 0 Å². The van der Waals surface area contributed by atoms with Gasteiger partial charge in [-0.2, -0.15) is 5.26 Å². The first kappa shape index (κ1) is 16.0. The van der Waals surface area contributed by atoms with Crippen molar-refractivity contribution in [2.75, 3.05) is 13.1 Å². The number of benzene rings is 2. The van der Waals surface area contributed by atoms with Crippen molar-refractivity contribution in [2.24, 2.45) is 0 Å². The average Bonchev–Trinajstić information content (AvgIpc) is 2.63. The van der Waals surface area contributed by atoms with Gasteiger partial charge in [-0.15, -0.1) is 0 Å². The Kier molecular flexibility index (Phi) is 4.78. The van der Waals surface area contributed by atoms with Gasteiger partial charge in [0.1, 0.15) is 11.5 Å². The molecule has 3 rings (SSSR count). The van der Waals surface area contributed by atoms with Crippen LogP contribution in [-0.4, -0.2) is 35.1 Å². The molecule has 0 bridgehead atoms. The van der Waals surface area contributed by atoms with Gasteiger partial charge in [-0.1, -0.05) is 6.07 Å². The summed E-state index contributed by atoms with van der Waals surface area (Å²) in [6.45, 7) is 1.14. The molecule has 2 aromatic rings. The van der Waals surface area contributed by atoms with Crippen LogP contribution in [0.3, 0.4) is 0 Å². The number of aliphatic hydroxyl groups is 1. The van der Waals surface area contributed by atoms with Crippen LogP contribution in [-0.2, 0) is 0 Å². The van der Waals surface area contributed by atoms with Gasteiger partial charge in [-0.25, -0.2) is 0 Å². The number of hydrogen-bond acceptors (Lipinski definition) is 4. The molecule has 0 aromatic heterocycles. The number of carbonyl (C=O) groups excluding carboxylic acids is 1. The maximum Gasteiger partial charge on any atom is 0.253 e. The van der Waals surface area contributed by atoms with E-state index in [4.69, 9.17) is 10.00 Å². The number of amides is 1. The standard InChI is InChI=1S/C19H18N2O3/c20-13-14-4-6-17(7-5-14)24-18-3-1-2-15(12-18)19(23)21-10-8-16(22)9-11-21/h1-7,12,16,22H,8-11H2. The van der Waals surface area contributed by atoms with Crippen LogP contribution in [0.1, 0.15) is 28.8 Å². The van der Waals surface area contributed by atoms with Crippen LogP contribution in [0, 0.1) is 11.3 Å². The summed E-state index contributed by atoms with van der Waals surface area (Å²) >= 11 is 0. The second-order valence-electron chi connectivity index (χ2n) is 5.79. The quantitative estimate of drug-likeness (QED) is 0.943. The van der Waals surface area contributed by atoms with Crippen LogP contribution in [0.2, 0.25) is 0 Å². The van der Waals surface area contributed by atoms with Crippen molar-refractivity contribution in [2.45, 2.75) is 18.9 Å². The van der Waals surface area contributed by atoms with Crippen LogP contribution in [0.15, 0.2) is 48.5 Å². The summed E-state index contributed by atoms with van der Waals surface area (Å²) in [4.78, 5) is 14.3. The third-order valence-corrected chi connectivity index (χ3v) is 4.05. The van der Waals surface area contributed by atoms with Crippen molar-refractivity contribution in [1.29, 1.82) is 5.26 Å². The molecule has 1 aliphatic heterocycles. The van der Waals surface area contributed by atoms with Gasteiger partial charge < -0.3 is 14.7 Å². The highest BCUT2D eigenvalue weighted by atomic mass is 16.5. The van der Waals surface area contributed by atoms with Crippen molar-refractivity contribution in [3.05, 3.63) is 59.7 Å². The molecule has 0 saturated carbocycles. The number of aliphatic hydroxyl groups excluding tert-OH is 1. The summed E-state index contributed by atoms with van der Waals surface area (Å²) in [6, 6.07) is 15.9. The molecule has 2 aromatic carbocycles. The lowest BCUT2D eigenvalue weighted by molar-refractivity contribution is 0.0546. The number of piperidine rings is 1. The normalized spacial score (nSPS) is 14.9. The molecule has 0 atom stereocenters. The Labute approximate surface area is 140 Å². The number of likely N-dealkylation sites (tertiary alicyclic amines) is 1. The van der Waals surface area contributed by atoms with Crippen LogP contribution in [0.25, 0.3) is 0 Å². The van der Waals surface area contributed by atoms with Gasteiger partial charge in [0.15, 0.2) is 0 Å². The first-order chi connectivity index (χ1) is 11.7. The minimum absolute atomic E-state index is 0.0489. The number of nitrogens with zero attached hydrogens (tertiary/aromatic N) is 2. The highest BCUT2D eigenvalue weighted by Gasteiger charge is 2.22. The zero-order chi connectivity index (χ0) is 16.9.